The van der Waals surface area contributed by atoms with E-state index in [1.165, 1.54) is 12.0 Å². The van der Waals surface area contributed by atoms with Gasteiger partial charge in [-0.3, -0.25) is 9.59 Å². The van der Waals surface area contributed by atoms with Crippen LogP contribution in [0.15, 0.2) is 57.7 Å². The summed E-state index contributed by atoms with van der Waals surface area (Å²) in [6.45, 7) is 0. The van der Waals surface area contributed by atoms with Crippen LogP contribution in [0.25, 0.3) is 11.0 Å². The van der Waals surface area contributed by atoms with E-state index >= 15 is 0 Å². The molecule has 0 N–H and O–H groups in total. The molecule has 0 radical (unpaired) electrons. The summed E-state index contributed by atoms with van der Waals surface area (Å²) < 4.78 is 10.4. The standard InChI is InChI=1S/C20H15NO5/c1-21-16(11-7-9-12(10-8-11)20(24)25-2)15-17(22)13-5-3-4-6-14(13)26-18(15)19(21)23/h3-10,16H,1-2H3/t16-/m1/s1. The first-order valence-electron chi connectivity index (χ1n) is 8.04. The molecule has 26 heavy (non-hydrogen) atoms. The van der Waals surface area contributed by atoms with Crippen LogP contribution in [0, 0.1) is 0 Å². The number of nitrogens with zero attached hydrogens (tertiary/aromatic N) is 1. The summed E-state index contributed by atoms with van der Waals surface area (Å²) in [5, 5.41) is 0.436. The predicted octanol–water partition coefficient (Wildman–Crippen LogP) is 2.75. The molecule has 0 unspecified atom stereocenters. The van der Waals surface area contributed by atoms with Gasteiger partial charge in [0, 0.05) is 7.05 Å². The number of carbonyl (C=O) groups excluding carboxylic acids is 2. The molecule has 1 aliphatic heterocycles. The van der Waals surface area contributed by atoms with Crippen molar-refractivity contribution in [3.8, 4) is 0 Å². The average Bonchev–Trinajstić information content (AvgIpc) is 2.93. The highest BCUT2D eigenvalue weighted by atomic mass is 16.5. The van der Waals surface area contributed by atoms with Crippen molar-refractivity contribution in [2.24, 2.45) is 0 Å². The highest BCUT2D eigenvalue weighted by molar-refractivity contribution is 5.99. The maximum atomic E-state index is 13.0. The molecule has 0 bridgehead atoms. The summed E-state index contributed by atoms with van der Waals surface area (Å²) in [5.41, 5.74) is 1.60. The Kier molecular flexibility index (Phi) is 3.61. The lowest BCUT2D eigenvalue weighted by Crippen LogP contribution is -2.25. The summed E-state index contributed by atoms with van der Waals surface area (Å²) in [4.78, 5) is 38.7. The Morgan fingerprint density at radius 3 is 2.46 bits per heavy atom. The Balaban J connectivity index is 1.90. The third kappa shape index (κ3) is 2.23. The van der Waals surface area contributed by atoms with Gasteiger partial charge in [0.25, 0.3) is 5.91 Å². The Bertz CT molecular complexity index is 1100. The van der Waals surface area contributed by atoms with E-state index in [2.05, 4.69) is 0 Å². The minimum absolute atomic E-state index is 0.0678. The fraction of sp³-hybridized carbons (Fsp3) is 0.150. The molecule has 3 aromatic rings. The number of fused-ring (bicyclic) bond motifs is 2. The van der Waals surface area contributed by atoms with Gasteiger partial charge in [-0.1, -0.05) is 24.3 Å². The van der Waals surface area contributed by atoms with Crippen LogP contribution < -0.4 is 5.43 Å². The zero-order valence-electron chi connectivity index (χ0n) is 14.2. The van der Waals surface area contributed by atoms with Crippen molar-refractivity contribution in [3.05, 3.63) is 81.2 Å². The van der Waals surface area contributed by atoms with Crippen molar-refractivity contribution in [3.63, 3.8) is 0 Å². The van der Waals surface area contributed by atoms with Gasteiger partial charge in [-0.25, -0.2) is 4.79 Å². The van der Waals surface area contributed by atoms with Crippen LogP contribution in [0.5, 0.6) is 0 Å². The molecule has 0 aliphatic carbocycles. The lowest BCUT2D eigenvalue weighted by molar-refractivity contribution is 0.0600. The van der Waals surface area contributed by atoms with Gasteiger partial charge in [-0.15, -0.1) is 0 Å². The lowest BCUT2D eigenvalue weighted by atomic mass is 9.98. The predicted molar refractivity (Wildman–Crippen MR) is 94.2 cm³/mol. The topological polar surface area (TPSA) is 76.8 Å². The Labute approximate surface area is 148 Å². The van der Waals surface area contributed by atoms with Gasteiger partial charge in [0.2, 0.25) is 5.76 Å². The van der Waals surface area contributed by atoms with Gasteiger partial charge in [0.15, 0.2) is 5.43 Å². The Morgan fingerprint density at radius 2 is 1.77 bits per heavy atom. The highest BCUT2D eigenvalue weighted by Crippen LogP contribution is 2.36. The van der Waals surface area contributed by atoms with Crippen LogP contribution >= 0.6 is 0 Å². The second-order valence-corrected chi connectivity index (χ2v) is 6.10. The molecule has 0 saturated carbocycles. The average molecular weight is 349 g/mol. The van der Waals surface area contributed by atoms with Gasteiger partial charge in [-0.05, 0) is 29.8 Å². The quantitative estimate of drug-likeness (QED) is 0.665. The maximum absolute atomic E-state index is 13.0. The summed E-state index contributed by atoms with van der Waals surface area (Å²) >= 11 is 0. The molecular weight excluding hydrogens is 334 g/mol. The molecule has 0 saturated heterocycles. The molecule has 2 heterocycles. The van der Waals surface area contributed by atoms with E-state index in [0.717, 1.165) is 5.56 Å². The fourth-order valence-electron chi connectivity index (χ4n) is 3.34. The number of methoxy groups -OCH3 is 1. The van der Waals surface area contributed by atoms with Crippen LogP contribution in [0.3, 0.4) is 0 Å². The number of hydrogen-bond acceptors (Lipinski definition) is 5. The first-order valence-corrected chi connectivity index (χ1v) is 8.04. The molecule has 6 heteroatoms. The summed E-state index contributed by atoms with van der Waals surface area (Å²) in [6.07, 6.45) is 0. The molecule has 6 nitrogen and oxygen atoms in total. The first kappa shape index (κ1) is 16.1. The number of ether oxygens (including phenoxy) is 1. The minimum Gasteiger partial charge on any atom is -0.465 e. The normalized spacial score (nSPS) is 16.0. The fourth-order valence-corrected chi connectivity index (χ4v) is 3.34. The van der Waals surface area contributed by atoms with E-state index in [1.54, 1.807) is 55.6 Å². The molecule has 4 rings (SSSR count). The molecule has 1 amide bonds. The number of hydrogen-bond donors (Lipinski definition) is 0. The van der Waals surface area contributed by atoms with Crippen molar-refractivity contribution in [1.82, 2.24) is 4.90 Å². The zero-order chi connectivity index (χ0) is 18.4. The van der Waals surface area contributed by atoms with Gasteiger partial charge >= 0.3 is 5.97 Å². The van der Waals surface area contributed by atoms with Crippen LogP contribution in [-0.2, 0) is 4.74 Å². The van der Waals surface area contributed by atoms with Crippen LogP contribution in [0.1, 0.15) is 38.1 Å². The number of benzene rings is 2. The zero-order valence-corrected chi connectivity index (χ0v) is 14.2. The second kappa shape index (κ2) is 5.84. The van der Waals surface area contributed by atoms with Crippen LogP contribution in [-0.4, -0.2) is 30.9 Å². The Hall–Kier alpha value is -3.41. The van der Waals surface area contributed by atoms with Crippen molar-refractivity contribution in [2.75, 3.05) is 14.2 Å². The van der Waals surface area contributed by atoms with E-state index in [-0.39, 0.29) is 17.1 Å². The first-order chi connectivity index (χ1) is 12.5. The number of amides is 1. The minimum atomic E-state index is -0.565. The summed E-state index contributed by atoms with van der Waals surface area (Å²) in [6, 6.07) is 12.9. The van der Waals surface area contributed by atoms with Crippen molar-refractivity contribution in [2.45, 2.75) is 6.04 Å². The van der Waals surface area contributed by atoms with Gasteiger partial charge in [0.1, 0.15) is 5.58 Å². The van der Waals surface area contributed by atoms with Crippen LogP contribution in [0.2, 0.25) is 0 Å². The van der Waals surface area contributed by atoms with Crippen LogP contribution in [0.4, 0.5) is 0 Å². The number of para-hydroxylation sites is 1. The summed E-state index contributed by atoms with van der Waals surface area (Å²) in [7, 11) is 2.94. The van der Waals surface area contributed by atoms with E-state index in [0.29, 0.717) is 22.1 Å². The molecule has 1 aliphatic rings. The molecule has 130 valence electrons. The Morgan fingerprint density at radius 1 is 1.08 bits per heavy atom. The molecular formula is C20H15NO5. The van der Waals surface area contributed by atoms with Crippen molar-refractivity contribution < 1.29 is 18.7 Å². The van der Waals surface area contributed by atoms with Crippen molar-refractivity contribution >= 4 is 22.8 Å². The molecule has 0 spiro atoms. The van der Waals surface area contributed by atoms with E-state index < -0.39 is 12.0 Å². The smallest absolute Gasteiger partial charge is 0.337 e. The number of carbonyl (C=O) groups is 2. The number of rotatable bonds is 2. The monoisotopic (exact) mass is 349 g/mol. The van der Waals surface area contributed by atoms with Crippen molar-refractivity contribution in [1.29, 1.82) is 0 Å². The summed E-state index contributed by atoms with van der Waals surface area (Å²) in [5.74, 6) is -0.721. The third-order valence-corrected chi connectivity index (χ3v) is 4.66. The van der Waals surface area contributed by atoms with E-state index in [4.69, 9.17) is 9.15 Å². The second-order valence-electron chi connectivity index (χ2n) is 6.10. The molecule has 2 aromatic carbocycles. The highest BCUT2D eigenvalue weighted by Gasteiger charge is 2.40. The van der Waals surface area contributed by atoms with E-state index in [9.17, 15) is 14.4 Å². The molecule has 1 atom stereocenters. The van der Waals surface area contributed by atoms with Gasteiger partial charge in [0.05, 0.1) is 29.7 Å². The molecule has 1 aromatic heterocycles. The lowest BCUT2D eigenvalue weighted by Gasteiger charge is -2.20. The maximum Gasteiger partial charge on any atom is 0.337 e. The SMILES string of the molecule is COC(=O)c1ccc([C@@H]2c3c(oc4ccccc4c3=O)C(=O)N2C)cc1. The van der Waals surface area contributed by atoms with E-state index in [1.807, 2.05) is 0 Å². The largest absolute Gasteiger partial charge is 0.465 e. The number of esters is 1. The third-order valence-electron chi connectivity index (χ3n) is 4.66. The van der Waals surface area contributed by atoms with Gasteiger partial charge in [-0.2, -0.15) is 0 Å². The van der Waals surface area contributed by atoms with Gasteiger partial charge < -0.3 is 14.1 Å². The molecule has 0 fully saturated rings.